The molecule has 10 heteroatoms. The zero-order valence-corrected chi connectivity index (χ0v) is 17.0. The third-order valence-corrected chi connectivity index (χ3v) is 9.00. The Bertz CT molecular complexity index is 878. The summed E-state index contributed by atoms with van der Waals surface area (Å²) in [6.45, 7) is 2.23. The van der Waals surface area contributed by atoms with E-state index in [1.54, 1.807) is 0 Å². The van der Waals surface area contributed by atoms with Crippen molar-refractivity contribution < 1.29 is 26.0 Å². The summed E-state index contributed by atoms with van der Waals surface area (Å²) in [6.07, 6.45) is 5.41. The standard InChI is InChI=1S/C17H26N2O6S2/c1-13(17(20)18-14-6-2-3-7-14)26(21,22)12-15-8-9-16(25-15)27(23,24)19-10-4-5-11-19/h8-9,13-14H,2-7,10-12H2,1H3,(H,18,20)/t13-/m0/s1. The van der Waals surface area contributed by atoms with E-state index in [-0.39, 0.29) is 16.9 Å². The highest BCUT2D eigenvalue weighted by molar-refractivity contribution is 7.92. The second-order valence-corrected chi connectivity index (χ2v) is 11.5. The molecule has 0 aromatic carbocycles. The first kappa shape index (κ1) is 20.3. The van der Waals surface area contributed by atoms with E-state index in [2.05, 4.69) is 5.32 Å². The van der Waals surface area contributed by atoms with E-state index in [1.165, 1.54) is 23.4 Å². The lowest BCUT2D eigenvalue weighted by molar-refractivity contribution is -0.121. The average Bonchev–Trinajstić information content (AvgIpc) is 3.35. The number of hydrogen-bond donors (Lipinski definition) is 1. The molecule has 2 aliphatic rings. The van der Waals surface area contributed by atoms with Crippen LogP contribution in [-0.4, -0.2) is 51.4 Å². The number of carbonyl (C=O) groups is 1. The number of hydrogen-bond acceptors (Lipinski definition) is 6. The Kier molecular flexibility index (Phi) is 5.97. The Morgan fingerprint density at radius 2 is 1.78 bits per heavy atom. The normalized spacial score (nSPS) is 20.8. The van der Waals surface area contributed by atoms with Crippen LogP contribution >= 0.6 is 0 Å². The Morgan fingerprint density at radius 3 is 2.41 bits per heavy atom. The van der Waals surface area contributed by atoms with Crippen molar-refractivity contribution in [2.24, 2.45) is 0 Å². The van der Waals surface area contributed by atoms with Gasteiger partial charge in [-0.15, -0.1) is 0 Å². The molecule has 1 atom stereocenters. The molecule has 1 aliphatic carbocycles. The van der Waals surface area contributed by atoms with Crippen LogP contribution < -0.4 is 5.32 Å². The van der Waals surface area contributed by atoms with Crippen molar-refractivity contribution in [1.82, 2.24) is 9.62 Å². The van der Waals surface area contributed by atoms with Gasteiger partial charge in [0, 0.05) is 19.1 Å². The highest BCUT2D eigenvalue weighted by Gasteiger charge is 2.33. The van der Waals surface area contributed by atoms with Crippen LogP contribution in [-0.2, 0) is 30.4 Å². The van der Waals surface area contributed by atoms with Gasteiger partial charge in [0.25, 0.3) is 10.0 Å². The maximum absolute atomic E-state index is 12.5. The predicted octanol–water partition coefficient (Wildman–Crippen LogP) is 1.43. The molecule has 2 fully saturated rings. The van der Waals surface area contributed by atoms with Crippen molar-refractivity contribution in [3.63, 3.8) is 0 Å². The minimum Gasteiger partial charge on any atom is -0.447 e. The van der Waals surface area contributed by atoms with E-state index < -0.39 is 36.8 Å². The Hall–Kier alpha value is -1.39. The first-order chi connectivity index (χ1) is 12.7. The number of rotatable bonds is 7. The number of nitrogens with one attached hydrogen (secondary N) is 1. The molecule has 1 aromatic rings. The van der Waals surface area contributed by atoms with Crippen molar-refractivity contribution in [1.29, 1.82) is 0 Å². The summed E-state index contributed by atoms with van der Waals surface area (Å²) in [6, 6.07) is 2.67. The summed E-state index contributed by atoms with van der Waals surface area (Å²) in [5.41, 5.74) is 0. The third kappa shape index (κ3) is 4.55. The average molecular weight is 419 g/mol. The van der Waals surface area contributed by atoms with Crippen LogP contribution in [0.5, 0.6) is 0 Å². The van der Waals surface area contributed by atoms with Crippen LogP contribution in [0.3, 0.4) is 0 Å². The van der Waals surface area contributed by atoms with Crippen LogP contribution in [0, 0.1) is 0 Å². The van der Waals surface area contributed by atoms with Crippen molar-refractivity contribution >= 4 is 25.8 Å². The summed E-state index contributed by atoms with van der Waals surface area (Å²) in [5.74, 6) is -1.01. The van der Waals surface area contributed by atoms with E-state index in [0.717, 1.165) is 38.5 Å². The molecule has 0 radical (unpaired) electrons. The molecule has 8 nitrogen and oxygen atoms in total. The highest BCUT2D eigenvalue weighted by atomic mass is 32.2. The van der Waals surface area contributed by atoms with E-state index in [4.69, 9.17) is 4.42 Å². The van der Waals surface area contributed by atoms with Crippen LogP contribution in [0.25, 0.3) is 0 Å². The molecule has 27 heavy (non-hydrogen) atoms. The van der Waals surface area contributed by atoms with Crippen LogP contribution in [0.2, 0.25) is 0 Å². The predicted molar refractivity (Wildman–Crippen MR) is 99.2 cm³/mol. The van der Waals surface area contributed by atoms with Crippen LogP contribution in [0.15, 0.2) is 21.6 Å². The molecule has 0 unspecified atom stereocenters. The molecule has 1 saturated carbocycles. The van der Waals surface area contributed by atoms with E-state index in [1.807, 2.05) is 0 Å². The maximum atomic E-state index is 12.5. The summed E-state index contributed by atoms with van der Waals surface area (Å²) < 4.78 is 56.7. The van der Waals surface area contributed by atoms with Crippen molar-refractivity contribution in [3.8, 4) is 0 Å². The topological polar surface area (TPSA) is 114 Å². The SMILES string of the molecule is C[C@@H](C(=O)NC1CCCC1)S(=O)(=O)Cc1ccc(S(=O)(=O)N2CCCC2)o1. The highest BCUT2D eigenvalue weighted by Crippen LogP contribution is 2.24. The number of nitrogens with zero attached hydrogens (tertiary/aromatic N) is 1. The minimum atomic E-state index is -3.82. The van der Waals surface area contributed by atoms with Gasteiger partial charge >= 0.3 is 0 Å². The first-order valence-electron chi connectivity index (χ1n) is 9.31. The fourth-order valence-electron chi connectivity index (χ4n) is 3.51. The summed E-state index contributed by atoms with van der Waals surface area (Å²) in [5, 5.41) is 1.31. The fraction of sp³-hybridized carbons (Fsp3) is 0.706. The van der Waals surface area contributed by atoms with Crippen molar-refractivity contribution in [2.75, 3.05) is 13.1 Å². The molecule has 1 N–H and O–H groups in total. The monoisotopic (exact) mass is 418 g/mol. The molecule has 1 saturated heterocycles. The Morgan fingerprint density at radius 1 is 1.15 bits per heavy atom. The van der Waals surface area contributed by atoms with Gasteiger partial charge in [-0.25, -0.2) is 16.8 Å². The molecular weight excluding hydrogens is 392 g/mol. The Balaban J connectivity index is 1.67. The fourth-order valence-corrected chi connectivity index (χ4v) is 6.15. The molecule has 1 aromatic heterocycles. The number of amides is 1. The molecule has 1 amide bonds. The van der Waals surface area contributed by atoms with Crippen molar-refractivity contribution in [3.05, 3.63) is 17.9 Å². The van der Waals surface area contributed by atoms with Gasteiger partial charge in [-0.2, -0.15) is 4.31 Å². The lowest BCUT2D eigenvalue weighted by atomic mass is 10.2. The minimum absolute atomic E-state index is 0.0216. The summed E-state index contributed by atoms with van der Waals surface area (Å²) >= 11 is 0. The Labute approximate surface area is 160 Å². The van der Waals surface area contributed by atoms with Gasteiger partial charge in [-0.1, -0.05) is 12.8 Å². The quantitative estimate of drug-likeness (QED) is 0.716. The number of sulfonamides is 1. The molecule has 152 valence electrons. The number of sulfone groups is 1. The largest absolute Gasteiger partial charge is 0.447 e. The van der Waals surface area contributed by atoms with E-state index in [9.17, 15) is 21.6 Å². The van der Waals surface area contributed by atoms with Gasteiger partial charge in [-0.3, -0.25) is 4.79 Å². The molecule has 3 rings (SSSR count). The van der Waals surface area contributed by atoms with Crippen LogP contribution in [0.1, 0.15) is 51.2 Å². The van der Waals surface area contributed by atoms with Gasteiger partial charge in [0.2, 0.25) is 11.0 Å². The summed E-state index contributed by atoms with van der Waals surface area (Å²) in [7, 11) is -7.55. The van der Waals surface area contributed by atoms with Gasteiger partial charge in [0.1, 0.15) is 16.8 Å². The van der Waals surface area contributed by atoms with Gasteiger partial charge in [-0.05, 0) is 44.7 Å². The molecule has 0 spiro atoms. The molecule has 0 bridgehead atoms. The first-order valence-corrected chi connectivity index (χ1v) is 12.5. The zero-order valence-electron chi connectivity index (χ0n) is 15.4. The lowest BCUT2D eigenvalue weighted by Gasteiger charge is -2.16. The molecule has 2 heterocycles. The second-order valence-electron chi connectivity index (χ2n) is 7.27. The van der Waals surface area contributed by atoms with Crippen LogP contribution in [0.4, 0.5) is 0 Å². The molecule has 1 aliphatic heterocycles. The smallest absolute Gasteiger partial charge is 0.276 e. The third-order valence-electron chi connectivity index (χ3n) is 5.25. The summed E-state index contributed by atoms with van der Waals surface area (Å²) in [4.78, 5) is 12.3. The van der Waals surface area contributed by atoms with Gasteiger partial charge in [0.05, 0.1) is 0 Å². The second kappa shape index (κ2) is 7.92. The van der Waals surface area contributed by atoms with Gasteiger partial charge in [0.15, 0.2) is 9.84 Å². The lowest BCUT2D eigenvalue weighted by Crippen LogP contribution is -2.42. The van der Waals surface area contributed by atoms with Crippen molar-refractivity contribution in [2.45, 2.75) is 67.6 Å². The molecular formula is C17H26N2O6S2. The maximum Gasteiger partial charge on any atom is 0.276 e. The van der Waals surface area contributed by atoms with E-state index in [0.29, 0.717) is 13.1 Å². The number of furan rings is 1. The zero-order chi connectivity index (χ0) is 19.7. The number of carbonyl (C=O) groups excluding carboxylic acids is 1. The van der Waals surface area contributed by atoms with E-state index >= 15 is 0 Å². The van der Waals surface area contributed by atoms with Gasteiger partial charge < -0.3 is 9.73 Å².